The predicted molar refractivity (Wildman–Crippen MR) is 211 cm³/mol. The smallest absolute Gasteiger partial charge is 0.165 e. The van der Waals surface area contributed by atoms with Crippen LogP contribution < -0.4 is 0 Å². The van der Waals surface area contributed by atoms with Gasteiger partial charge in [-0.1, -0.05) is 115 Å². The standard InChI is InChI=1S/C47H27N3O2/c1-2-10-28(11-3-1)35-23-25-42-43(37-15-7-9-17-40(37)52-42)44(35)47-49-45(31-20-22-34-30(26-31)19-18-29-12-4-5-13-33(29)34)48-46(50-47)32-21-24-41-38(27-32)36-14-6-8-16-39(36)51-41/h1-27H. The summed E-state index contributed by atoms with van der Waals surface area (Å²) < 4.78 is 12.6. The van der Waals surface area contributed by atoms with E-state index in [1.165, 1.54) is 16.2 Å². The van der Waals surface area contributed by atoms with Gasteiger partial charge in [0.2, 0.25) is 0 Å². The lowest BCUT2D eigenvalue weighted by Crippen LogP contribution is -2.01. The summed E-state index contributed by atoms with van der Waals surface area (Å²) in [5, 5.41) is 8.80. The molecule has 5 nitrogen and oxygen atoms in total. The molecular formula is C47H27N3O2. The van der Waals surface area contributed by atoms with Crippen molar-refractivity contribution in [3.8, 4) is 45.3 Å². The van der Waals surface area contributed by atoms with Gasteiger partial charge in [0.15, 0.2) is 17.5 Å². The van der Waals surface area contributed by atoms with Crippen LogP contribution in [0.5, 0.6) is 0 Å². The first kappa shape index (κ1) is 28.7. The molecule has 3 aromatic heterocycles. The van der Waals surface area contributed by atoms with Crippen molar-refractivity contribution < 1.29 is 8.83 Å². The van der Waals surface area contributed by atoms with Gasteiger partial charge in [0.1, 0.15) is 22.3 Å². The monoisotopic (exact) mass is 665 g/mol. The molecule has 11 rings (SSSR count). The number of hydrogen-bond donors (Lipinski definition) is 0. The van der Waals surface area contributed by atoms with Crippen LogP contribution in [0, 0.1) is 0 Å². The third-order valence-corrected chi connectivity index (χ3v) is 10.1. The van der Waals surface area contributed by atoms with E-state index in [-0.39, 0.29) is 0 Å². The summed E-state index contributed by atoms with van der Waals surface area (Å²) in [5.74, 6) is 1.75. The second kappa shape index (κ2) is 11.2. The SMILES string of the molecule is c1ccc(-c2ccc3oc4ccccc4c3c2-c2nc(-c3ccc4c(ccc5ccccc54)c3)nc(-c3ccc4oc5ccccc5c4c3)n2)cc1. The van der Waals surface area contributed by atoms with Crippen LogP contribution in [-0.4, -0.2) is 15.0 Å². The van der Waals surface area contributed by atoms with E-state index in [4.69, 9.17) is 23.8 Å². The minimum Gasteiger partial charge on any atom is -0.456 e. The topological polar surface area (TPSA) is 65.0 Å². The van der Waals surface area contributed by atoms with Gasteiger partial charge in [0.25, 0.3) is 0 Å². The Balaban J connectivity index is 1.21. The van der Waals surface area contributed by atoms with Crippen LogP contribution in [0.25, 0.3) is 111 Å². The van der Waals surface area contributed by atoms with E-state index in [0.717, 1.165) is 77.1 Å². The van der Waals surface area contributed by atoms with E-state index >= 15 is 0 Å². The van der Waals surface area contributed by atoms with Gasteiger partial charge in [0.05, 0.1) is 0 Å². The minimum atomic E-state index is 0.576. The average molecular weight is 666 g/mol. The zero-order valence-corrected chi connectivity index (χ0v) is 27.7. The van der Waals surface area contributed by atoms with Gasteiger partial charge in [0, 0.05) is 38.2 Å². The van der Waals surface area contributed by atoms with Crippen molar-refractivity contribution in [3.05, 3.63) is 164 Å². The molecule has 0 fully saturated rings. The van der Waals surface area contributed by atoms with Crippen molar-refractivity contribution in [1.29, 1.82) is 0 Å². The second-order valence-electron chi connectivity index (χ2n) is 13.2. The molecule has 0 N–H and O–H groups in total. The summed E-state index contributed by atoms with van der Waals surface area (Å²) in [7, 11) is 0. The Labute approximate surface area is 297 Å². The Bertz CT molecular complexity index is 3190. The van der Waals surface area contributed by atoms with Crippen LogP contribution in [0.1, 0.15) is 0 Å². The lowest BCUT2D eigenvalue weighted by Gasteiger charge is -2.14. The summed E-state index contributed by atoms with van der Waals surface area (Å²) in [5.41, 5.74) is 8.04. The van der Waals surface area contributed by atoms with E-state index in [2.05, 4.69) is 109 Å². The molecule has 8 aromatic carbocycles. The summed E-state index contributed by atoms with van der Waals surface area (Å²) in [4.78, 5) is 15.8. The van der Waals surface area contributed by atoms with E-state index < -0.39 is 0 Å². The maximum absolute atomic E-state index is 6.42. The Morgan fingerprint density at radius 3 is 1.75 bits per heavy atom. The minimum absolute atomic E-state index is 0.576. The van der Waals surface area contributed by atoms with Crippen molar-refractivity contribution in [2.24, 2.45) is 0 Å². The van der Waals surface area contributed by atoms with Crippen LogP contribution >= 0.6 is 0 Å². The van der Waals surface area contributed by atoms with Crippen molar-refractivity contribution in [1.82, 2.24) is 15.0 Å². The van der Waals surface area contributed by atoms with Gasteiger partial charge < -0.3 is 8.83 Å². The van der Waals surface area contributed by atoms with Crippen molar-refractivity contribution in [2.75, 3.05) is 0 Å². The Morgan fingerprint density at radius 2 is 0.904 bits per heavy atom. The van der Waals surface area contributed by atoms with Crippen LogP contribution in [-0.2, 0) is 0 Å². The number of benzene rings is 8. The molecule has 52 heavy (non-hydrogen) atoms. The third kappa shape index (κ3) is 4.46. The maximum atomic E-state index is 6.42. The average Bonchev–Trinajstić information content (AvgIpc) is 3.78. The third-order valence-electron chi connectivity index (χ3n) is 10.1. The first-order valence-corrected chi connectivity index (χ1v) is 17.3. The van der Waals surface area contributed by atoms with Crippen molar-refractivity contribution >= 4 is 65.4 Å². The van der Waals surface area contributed by atoms with Gasteiger partial charge in [-0.2, -0.15) is 0 Å². The van der Waals surface area contributed by atoms with Gasteiger partial charge >= 0.3 is 0 Å². The molecule has 0 saturated heterocycles. The molecule has 0 aliphatic heterocycles. The maximum Gasteiger partial charge on any atom is 0.165 e. The molecule has 0 saturated carbocycles. The molecule has 0 spiro atoms. The summed E-state index contributed by atoms with van der Waals surface area (Å²) in [6.45, 7) is 0. The normalized spacial score (nSPS) is 11.8. The molecule has 0 aliphatic rings. The molecule has 0 bridgehead atoms. The number of furan rings is 2. The summed E-state index contributed by atoms with van der Waals surface area (Å²) in [6, 6.07) is 56.3. The molecule has 242 valence electrons. The molecule has 0 radical (unpaired) electrons. The second-order valence-corrected chi connectivity index (χ2v) is 13.2. The highest BCUT2D eigenvalue weighted by Gasteiger charge is 2.22. The highest BCUT2D eigenvalue weighted by molar-refractivity contribution is 6.15. The summed E-state index contributed by atoms with van der Waals surface area (Å²) in [6.07, 6.45) is 0. The van der Waals surface area contributed by atoms with Crippen LogP contribution in [0.2, 0.25) is 0 Å². The summed E-state index contributed by atoms with van der Waals surface area (Å²) >= 11 is 0. The zero-order chi connectivity index (χ0) is 34.2. The Morgan fingerprint density at radius 1 is 0.327 bits per heavy atom. The Kier molecular flexibility index (Phi) is 6.18. The van der Waals surface area contributed by atoms with Gasteiger partial charge in [-0.05, 0) is 81.2 Å². The van der Waals surface area contributed by atoms with Crippen LogP contribution in [0.3, 0.4) is 0 Å². The lowest BCUT2D eigenvalue weighted by atomic mass is 9.94. The molecule has 0 atom stereocenters. The van der Waals surface area contributed by atoms with Gasteiger partial charge in [-0.15, -0.1) is 0 Å². The number of nitrogens with zero attached hydrogens (tertiary/aromatic N) is 3. The lowest BCUT2D eigenvalue weighted by molar-refractivity contribution is 0.668. The Hall–Kier alpha value is -7.11. The first-order chi connectivity index (χ1) is 25.7. The molecule has 11 aromatic rings. The number of rotatable bonds is 4. The van der Waals surface area contributed by atoms with Gasteiger partial charge in [-0.3, -0.25) is 0 Å². The predicted octanol–water partition coefficient (Wildman–Crippen LogP) is 12.6. The van der Waals surface area contributed by atoms with E-state index in [1.807, 2.05) is 54.6 Å². The molecule has 3 heterocycles. The zero-order valence-electron chi connectivity index (χ0n) is 27.7. The van der Waals surface area contributed by atoms with E-state index in [9.17, 15) is 0 Å². The molecule has 0 amide bonds. The fraction of sp³-hybridized carbons (Fsp3) is 0. The highest BCUT2D eigenvalue weighted by atomic mass is 16.3. The first-order valence-electron chi connectivity index (χ1n) is 17.3. The van der Waals surface area contributed by atoms with Crippen LogP contribution in [0.4, 0.5) is 0 Å². The number of aromatic nitrogens is 3. The van der Waals surface area contributed by atoms with E-state index in [0.29, 0.717) is 17.5 Å². The highest BCUT2D eigenvalue weighted by Crippen LogP contribution is 2.43. The molecule has 0 aliphatic carbocycles. The number of hydrogen-bond acceptors (Lipinski definition) is 5. The quantitative estimate of drug-likeness (QED) is 0.175. The van der Waals surface area contributed by atoms with E-state index in [1.54, 1.807) is 0 Å². The molecule has 0 unspecified atom stereocenters. The largest absolute Gasteiger partial charge is 0.456 e. The molecular weight excluding hydrogens is 639 g/mol. The van der Waals surface area contributed by atoms with Crippen molar-refractivity contribution in [2.45, 2.75) is 0 Å². The number of para-hydroxylation sites is 2. The number of fused-ring (bicyclic) bond motifs is 9. The van der Waals surface area contributed by atoms with Crippen LogP contribution in [0.15, 0.2) is 173 Å². The molecule has 5 heteroatoms. The van der Waals surface area contributed by atoms with Crippen molar-refractivity contribution in [3.63, 3.8) is 0 Å². The fourth-order valence-electron chi connectivity index (χ4n) is 7.67. The van der Waals surface area contributed by atoms with Gasteiger partial charge in [-0.25, -0.2) is 15.0 Å². The fourth-order valence-corrected chi connectivity index (χ4v) is 7.67.